The molecule has 5 heterocycles. The molecule has 0 aliphatic rings. The second kappa shape index (κ2) is 9.35. The third-order valence-corrected chi connectivity index (χ3v) is 6.35. The van der Waals surface area contributed by atoms with Gasteiger partial charge in [-0.2, -0.15) is 5.10 Å². The van der Waals surface area contributed by atoms with Crippen molar-refractivity contribution >= 4 is 22.9 Å². The number of nitrogens with zero attached hydrogens (tertiary/aromatic N) is 7. The van der Waals surface area contributed by atoms with E-state index >= 15 is 0 Å². The molecule has 0 spiro atoms. The quantitative estimate of drug-likeness (QED) is 0.345. The van der Waals surface area contributed by atoms with Crippen LogP contribution in [0.1, 0.15) is 40.3 Å². The highest BCUT2D eigenvalue weighted by Crippen LogP contribution is 2.22. The Hall–Kier alpha value is -5.63. The first-order chi connectivity index (χ1) is 18.9. The topological polar surface area (TPSA) is 130 Å². The van der Waals surface area contributed by atoms with Gasteiger partial charge in [-0.05, 0) is 37.1 Å². The lowest BCUT2D eigenvalue weighted by Crippen LogP contribution is -2.34. The molecule has 11 heteroatoms. The number of amides is 1. The van der Waals surface area contributed by atoms with E-state index in [4.69, 9.17) is 5.73 Å². The summed E-state index contributed by atoms with van der Waals surface area (Å²) in [6.07, 6.45) is 6.72. The summed E-state index contributed by atoms with van der Waals surface area (Å²) in [7, 11) is 1.81. The molecule has 5 aromatic heterocycles. The minimum Gasteiger partial charge on any atom is -0.382 e. The Morgan fingerprint density at radius 1 is 1.08 bits per heavy atom. The van der Waals surface area contributed by atoms with Gasteiger partial charge in [0.15, 0.2) is 5.82 Å². The number of imidazole rings is 1. The van der Waals surface area contributed by atoms with Crippen LogP contribution in [0.5, 0.6) is 0 Å². The fraction of sp³-hybridized carbons (Fsp3) is 0.107. The molecule has 0 saturated carbocycles. The molecule has 0 fully saturated rings. The molecule has 0 aliphatic heterocycles. The zero-order valence-electron chi connectivity index (χ0n) is 21.1. The number of benzene rings is 1. The van der Waals surface area contributed by atoms with E-state index in [0.717, 1.165) is 5.56 Å². The predicted octanol–water partition coefficient (Wildman–Crippen LogP) is 2.34. The normalized spacial score (nSPS) is 11.8. The number of fused-ring (bicyclic) bond motifs is 2. The average molecular weight is 518 g/mol. The standard InChI is InChI=1S/C28H23N9O2/c1-18(32-27(38)25-22-10-6-7-13-35(22)33-26(25)29)23-14-24-30-16-21(12-11-19-15-31-34(2)17-19)37(24)28(39)36(23)20-8-4-3-5-9-20/h3-10,13-18H,1-2H3,(H2,29,33)(H,32,38)/t18-/m0/s1. The van der Waals surface area contributed by atoms with Crippen molar-refractivity contribution in [3.8, 4) is 17.5 Å². The van der Waals surface area contributed by atoms with Crippen LogP contribution in [-0.4, -0.2) is 39.3 Å². The van der Waals surface area contributed by atoms with E-state index in [2.05, 4.69) is 32.3 Å². The van der Waals surface area contributed by atoms with Crippen LogP contribution in [0.3, 0.4) is 0 Å². The van der Waals surface area contributed by atoms with Gasteiger partial charge in [-0.1, -0.05) is 30.2 Å². The molecule has 0 radical (unpaired) electrons. The van der Waals surface area contributed by atoms with Crippen LogP contribution in [0.15, 0.2) is 84.2 Å². The minimum absolute atomic E-state index is 0.117. The average Bonchev–Trinajstić information content (AvgIpc) is 3.63. The fourth-order valence-electron chi connectivity index (χ4n) is 4.53. The first kappa shape index (κ1) is 23.7. The maximum Gasteiger partial charge on any atom is 0.339 e. The van der Waals surface area contributed by atoms with Crippen molar-refractivity contribution in [1.29, 1.82) is 0 Å². The highest BCUT2D eigenvalue weighted by molar-refractivity contribution is 6.05. The summed E-state index contributed by atoms with van der Waals surface area (Å²) >= 11 is 0. The van der Waals surface area contributed by atoms with Gasteiger partial charge < -0.3 is 11.1 Å². The van der Waals surface area contributed by atoms with Gasteiger partial charge in [-0.3, -0.25) is 14.0 Å². The number of anilines is 1. The Bertz CT molecular complexity index is 1980. The van der Waals surface area contributed by atoms with Gasteiger partial charge in [-0.15, -0.1) is 5.10 Å². The number of aryl methyl sites for hydroxylation is 1. The molecule has 1 amide bonds. The highest BCUT2D eigenvalue weighted by atomic mass is 16.2. The second-order valence-corrected chi connectivity index (χ2v) is 9.00. The molecule has 0 saturated heterocycles. The Morgan fingerprint density at radius 2 is 1.87 bits per heavy atom. The maximum atomic E-state index is 14.0. The Morgan fingerprint density at radius 3 is 2.64 bits per heavy atom. The summed E-state index contributed by atoms with van der Waals surface area (Å²) in [4.78, 5) is 31.8. The number of carbonyl (C=O) groups is 1. The third-order valence-electron chi connectivity index (χ3n) is 6.35. The molecule has 0 unspecified atom stereocenters. The van der Waals surface area contributed by atoms with Gasteiger partial charge in [-0.25, -0.2) is 18.7 Å². The van der Waals surface area contributed by atoms with Crippen molar-refractivity contribution in [2.24, 2.45) is 7.05 Å². The number of hydrogen-bond acceptors (Lipinski definition) is 6. The number of aromatic nitrogens is 7. The maximum absolute atomic E-state index is 14.0. The van der Waals surface area contributed by atoms with Crippen LogP contribution in [0.4, 0.5) is 5.82 Å². The molecule has 0 bridgehead atoms. The molecule has 6 rings (SSSR count). The van der Waals surface area contributed by atoms with Crippen LogP contribution in [-0.2, 0) is 7.05 Å². The minimum atomic E-state index is -0.588. The zero-order valence-corrected chi connectivity index (χ0v) is 21.1. The van der Waals surface area contributed by atoms with Gasteiger partial charge in [0.1, 0.15) is 16.9 Å². The van der Waals surface area contributed by atoms with Crippen LogP contribution in [0.2, 0.25) is 0 Å². The summed E-state index contributed by atoms with van der Waals surface area (Å²) in [6, 6.07) is 15.8. The van der Waals surface area contributed by atoms with E-state index < -0.39 is 11.9 Å². The summed E-state index contributed by atoms with van der Waals surface area (Å²) in [5.74, 6) is 5.77. The number of nitrogens with two attached hydrogens (primary N) is 1. The van der Waals surface area contributed by atoms with Crippen molar-refractivity contribution < 1.29 is 4.79 Å². The fourth-order valence-corrected chi connectivity index (χ4v) is 4.53. The van der Waals surface area contributed by atoms with Crippen LogP contribution in [0.25, 0.3) is 16.9 Å². The zero-order chi connectivity index (χ0) is 27.1. The van der Waals surface area contributed by atoms with Gasteiger partial charge in [0.05, 0.1) is 40.9 Å². The third kappa shape index (κ3) is 4.19. The van der Waals surface area contributed by atoms with E-state index in [9.17, 15) is 9.59 Å². The largest absolute Gasteiger partial charge is 0.382 e. The Kier molecular flexibility index (Phi) is 5.69. The van der Waals surface area contributed by atoms with Gasteiger partial charge in [0.25, 0.3) is 5.91 Å². The number of pyridine rings is 1. The highest BCUT2D eigenvalue weighted by Gasteiger charge is 2.23. The Balaban J connectivity index is 1.45. The van der Waals surface area contributed by atoms with Crippen LogP contribution in [0, 0.1) is 11.8 Å². The van der Waals surface area contributed by atoms with Crippen molar-refractivity contribution in [2.45, 2.75) is 13.0 Å². The van der Waals surface area contributed by atoms with E-state index in [1.54, 1.807) is 63.7 Å². The van der Waals surface area contributed by atoms with E-state index in [0.29, 0.717) is 28.2 Å². The molecule has 6 aromatic rings. The summed E-state index contributed by atoms with van der Waals surface area (Å²) in [6.45, 7) is 1.80. The molecule has 1 aromatic carbocycles. The second-order valence-electron chi connectivity index (χ2n) is 9.00. The van der Waals surface area contributed by atoms with Crippen LogP contribution < -0.4 is 16.7 Å². The van der Waals surface area contributed by atoms with Crippen molar-refractivity contribution in [3.63, 3.8) is 0 Å². The number of hydrogen-bond donors (Lipinski definition) is 2. The molecule has 3 N–H and O–H groups in total. The smallest absolute Gasteiger partial charge is 0.339 e. The summed E-state index contributed by atoms with van der Waals surface area (Å²) in [5.41, 5.74) is 9.32. The van der Waals surface area contributed by atoms with Crippen molar-refractivity contribution in [2.75, 3.05) is 5.73 Å². The number of rotatable bonds is 4. The predicted molar refractivity (Wildman–Crippen MR) is 145 cm³/mol. The van der Waals surface area contributed by atoms with E-state index in [-0.39, 0.29) is 17.1 Å². The van der Waals surface area contributed by atoms with Gasteiger partial charge in [0.2, 0.25) is 0 Å². The van der Waals surface area contributed by atoms with Crippen molar-refractivity contribution in [1.82, 2.24) is 38.7 Å². The summed E-state index contributed by atoms with van der Waals surface area (Å²) in [5, 5.41) is 11.3. The molecule has 1 atom stereocenters. The van der Waals surface area contributed by atoms with E-state index in [1.165, 1.54) is 4.40 Å². The SMILES string of the molecule is C[C@H](NC(=O)c1c(N)nn2ccccc12)c1cc2ncc(C#Cc3cnn(C)c3)n2c(=O)n1-c1ccccc1. The van der Waals surface area contributed by atoms with Crippen LogP contribution >= 0.6 is 0 Å². The lowest BCUT2D eigenvalue weighted by atomic mass is 10.1. The lowest BCUT2D eigenvalue weighted by molar-refractivity contribution is 0.0941. The lowest BCUT2D eigenvalue weighted by Gasteiger charge is -2.20. The number of nitrogens with one attached hydrogen (secondary N) is 1. The molecular weight excluding hydrogens is 494 g/mol. The molecular formula is C28H23N9O2. The molecule has 192 valence electrons. The number of carbonyl (C=O) groups excluding carboxylic acids is 1. The number of para-hydroxylation sites is 1. The van der Waals surface area contributed by atoms with Crippen molar-refractivity contribution in [3.05, 3.63) is 112 Å². The van der Waals surface area contributed by atoms with E-state index in [1.807, 2.05) is 43.4 Å². The van der Waals surface area contributed by atoms with Gasteiger partial charge >= 0.3 is 5.69 Å². The molecule has 39 heavy (non-hydrogen) atoms. The summed E-state index contributed by atoms with van der Waals surface area (Å²) < 4.78 is 6.22. The van der Waals surface area contributed by atoms with Gasteiger partial charge in [0, 0.05) is 25.5 Å². The number of nitrogen functional groups attached to an aromatic ring is 1. The molecule has 11 nitrogen and oxygen atoms in total. The Labute approximate surface area is 222 Å². The monoisotopic (exact) mass is 517 g/mol. The molecule has 0 aliphatic carbocycles. The first-order valence-electron chi connectivity index (χ1n) is 12.1. The first-order valence-corrected chi connectivity index (χ1v) is 12.1.